The van der Waals surface area contributed by atoms with E-state index in [4.69, 9.17) is 9.73 Å². The van der Waals surface area contributed by atoms with Crippen LogP contribution in [0.4, 0.5) is 5.69 Å². The number of aliphatic imine (C=N–C) groups is 1. The standard InChI is InChI=1S/C17H19N3O.ClH/c1-11(2)21-17-15-14(9-10-18-17)19-12(3)20-16(15)13-7-5-4-6-8-13;/h4-11,16H,1-3H3,(H,19,20);1H. The van der Waals surface area contributed by atoms with E-state index in [1.807, 2.05) is 45.0 Å². The number of hydrogen-bond donors (Lipinski definition) is 1. The molecule has 1 unspecified atom stereocenters. The Bertz CT molecular complexity index is 671. The molecular weight excluding hydrogens is 298 g/mol. The first-order valence-corrected chi connectivity index (χ1v) is 7.17. The molecule has 1 aromatic carbocycles. The van der Waals surface area contributed by atoms with Crippen LogP contribution in [0.5, 0.6) is 5.88 Å². The number of hydrogen-bond acceptors (Lipinski definition) is 4. The van der Waals surface area contributed by atoms with Crippen LogP contribution in [0.15, 0.2) is 47.6 Å². The second-order valence-electron chi connectivity index (χ2n) is 5.40. The predicted molar refractivity (Wildman–Crippen MR) is 92.3 cm³/mol. The summed E-state index contributed by atoms with van der Waals surface area (Å²) in [7, 11) is 0. The summed E-state index contributed by atoms with van der Waals surface area (Å²) in [4.78, 5) is 9.15. The van der Waals surface area contributed by atoms with Gasteiger partial charge in [0, 0.05) is 6.20 Å². The highest BCUT2D eigenvalue weighted by molar-refractivity contribution is 5.96. The number of nitrogens with zero attached hydrogens (tertiary/aromatic N) is 2. The predicted octanol–water partition coefficient (Wildman–Crippen LogP) is 4.22. The number of nitrogens with one attached hydrogen (secondary N) is 1. The fourth-order valence-electron chi connectivity index (χ4n) is 2.51. The van der Waals surface area contributed by atoms with Crippen LogP contribution in [0.2, 0.25) is 0 Å². The number of anilines is 1. The number of aromatic nitrogens is 1. The van der Waals surface area contributed by atoms with Crippen LogP contribution in [-0.2, 0) is 0 Å². The van der Waals surface area contributed by atoms with Crippen LogP contribution in [0.3, 0.4) is 0 Å². The molecule has 1 atom stereocenters. The molecule has 0 radical (unpaired) electrons. The number of halogens is 1. The first-order valence-electron chi connectivity index (χ1n) is 7.17. The minimum atomic E-state index is -0.0788. The van der Waals surface area contributed by atoms with Gasteiger partial charge in [-0.2, -0.15) is 0 Å². The van der Waals surface area contributed by atoms with Gasteiger partial charge >= 0.3 is 0 Å². The molecule has 0 bridgehead atoms. The lowest BCUT2D eigenvalue weighted by atomic mass is 9.97. The third-order valence-electron chi connectivity index (χ3n) is 3.33. The van der Waals surface area contributed by atoms with Crippen LogP contribution >= 0.6 is 12.4 Å². The van der Waals surface area contributed by atoms with Crippen molar-refractivity contribution >= 4 is 23.9 Å². The Morgan fingerprint density at radius 3 is 2.55 bits per heavy atom. The van der Waals surface area contributed by atoms with E-state index in [0.29, 0.717) is 5.88 Å². The van der Waals surface area contributed by atoms with Crippen molar-refractivity contribution in [2.45, 2.75) is 32.9 Å². The van der Waals surface area contributed by atoms with E-state index in [1.165, 1.54) is 0 Å². The first kappa shape index (κ1) is 16.3. The zero-order valence-corrected chi connectivity index (χ0v) is 13.7. The van der Waals surface area contributed by atoms with Crippen LogP contribution in [0.25, 0.3) is 0 Å². The van der Waals surface area contributed by atoms with E-state index in [0.717, 1.165) is 22.6 Å². The Morgan fingerprint density at radius 1 is 1.14 bits per heavy atom. The fraction of sp³-hybridized carbons (Fsp3) is 0.294. The van der Waals surface area contributed by atoms with Crippen LogP contribution in [0.1, 0.15) is 37.9 Å². The second-order valence-corrected chi connectivity index (χ2v) is 5.40. The maximum atomic E-state index is 5.88. The average molecular weight is 318 g/mol. The Balaban J connectivity index is 0.00000176. The number of fused-ring (bicyclic) bond motifs is 1. The van der Waals surface area contributed by atoms with Crippen molar-refractivity contribution in [3.8, 4) is 5.88 Å². The van der Waals surface area contributed by atoms with E-state index in [1.54, 1.807) is 6.20 Å². The molecule has 0 saturated heterocycles. The SMILES string of the molecule is CC1=NC(c2ccccc2)c2c(ccnc2OC(C)C)N1.Cl. The van der Waals surface area contributed by atoms with Crippen molar-refractivity contribution in [1.29, 1.82) is 0 Å². The van der Waals surface area contributed by atoms with E-state index < -0.39 is 0 Å². The molecule has 4 nitrogen and oxygen atoms in total. The van der Waals surface area contributed by atoms with Gasteiger partial charge in [0.05, 0.1) is 23.2 Å². The van der Waals surface area contributed by atoms with Crippen molar-refractivity contribution in [2.75, 3.05) is 5.32 Å². The largest absolute Gasteiger partial charge is 0.475 e. The lowest BCUT2D eigenvalue weighted by molar-refractivity contribution is 0.229. The third kappa shape index (κ3) is 3.22. The molecule has 0 aliphatic carbocycles. The molecule has 0 saturated carbocycles. The lowest BCUT2D eigenvalue weighted by Crippen LogP contribution is -2.20. The minimum Gasteiger partial charge on any atom is -0.475 e. The molecule has 1 N–H and O–H groups in total. The first-order chi connectivity index (χ1) is 10.1. The highest BCUT2D eigenvalue weighted by Crippen LogP contribution is 2.39. The maximum absolute atomic E-state index is 5.88. The van der Waals surface area contributed by atoms with Crippen LogP contribution in [-0.4, -0.2) is 16.9 Å². The third-order valence-corrected chi connectivity index (χ3v) is 3.33. The van der Waals surface area contributed by atoms with Gasteiger partial charge in [-0.3, -0.25) is 4.99 Å². The highest BCUT2D eigenvalue weighted by atomic mass is 35.5. The Morgan fingerprint density at radius 2 is 1.86 bits per heavy atom. The fourth-order valence-corrected chi connectivity index (χ4v) is 2.51. The van der Waals surface area contributed by atoms with Gasteiger partial charge in [-0.05, 0) is 32.4 Å². The summed E-state index contributed by atoms with van der Waals surface area (Å²) in [5.41, 5.74) is 3.16. The van der Waals surface area contributed by atoms with Crippen LogP contribution in [0, 0.1) is 0 Å². The molecule has 116 valence electrons. The number of benzene rings is 1. The van der Waals surface area contributed by atoms with Gasteiger partial charge < -0.3 is 10.1 Å². The van der Waals surface area contributed by atoms with Gasteiger partial charge in [-0.1, -0.05) is 30.3 Å². The highest BCUT2D eigenvalue weighted by Gasteiger charge is 2.26. The van der Waals surface area contributed by atoms with Gasteiger partial charge in [0.1, 0.15) is 6.04 Å². The number of pyridine rings is 1. The minimum absolute atomic E-state index is 0. The van der Waals surface area contributed by atoms with E-state index in [9.17, 15) is 0 Å². The Hall–Kier alpha value is -2.07. The monoisotopic (exact) mass is 317 g/mol. The van der Waals surface area contributed by atoms with Gasteiger partial charge in [0.25, 0.3) is 0 Å². The Kier molecular flexibility index (Phi) is 5.03. The van der Waals surface area contributed by atoms with Crippen molar-refractivity contribution in [1.82, 2.24) is 4.98 Å². The summed E-state index contributed by atoms with van der Waals surface area (Å²) >= 11 is 0. The van der Waals surface area contributed by atoms with Crippen LogP contribution < -0.4 is 10.1 Å². The zero-order valence-electron chi connectivity index (χ0n) is 12.9. The topological polar surface area (TPSA) is 46.5 Å². The molecule has 0 fully saturated rings. The van der Waals surface area contributed by atoms with E-state index >= 15 is 0 Å². The molecule has 1 aromatic heterocycles. The summed E-state index contributed by atoms with van der Waals surface area (Å²) in [5, 5.41) is 3.30. The summed E-state index contributed by atoms with van der Waals surface area (Å²) in [6, 6.07) is 12.1. The number of ether oxygens (including phenoxy) is 1. The van der Waals surface area contributed by atoms with Gasteiger partial charge in [-0.15, -0.1) is 12.4 Å². The van der Waals surface area contributed by atoms with E-state index in [2.05, 4.69) is 22.4 Å². The van der Waals surface area contributed by atoms with Crippen molar-refractivity contribution in [3.05, 3.63) is 53.7 Å². The molecule has 1 aliphatic rings. The summed E-state index contributed by atoms with van der Waals surface area (Å²) in [6.07, 6.45) is 1.84. The lowest BCUT2D eigenvalue weighted by Gasteiger charge is -2.26. The molecule has 1 aliphatic heterocycles. The normalized spacial score (nSPS) is 16.2. The second kappa shape index (κ2) is 6.79. The quantitative estimate of drug-likeness (QED) is 0.921. The van der Waals surface area contributed by atoms with Crippen molar-refractivity contribution < 1.29 is 4.74 Å². The Labute approximate surface area is 137 Å². The van der Waals surface area contributed by atoms with Crippen molar-refractivity contribution in [3.63, 3.8) is 0 Å². The van der Waals surface area contributed by atoms with Gasteiger partial charge in [0.15, 0.2) is 0 Å². The molecule has 22 heavy (non-hydrogen) atoms. The molecule has 0 spiro atoms. The molecule has 2 aromatic rings. The zero-order chi connectivity index (χ0) is 14.8. The number of amidine groups is 1. The average Bonchev–Trinajstić information content (AvgIpc) is 2.46. The van der Waals surface area contributed by atoms with Crippen molar-refractivity contribution in [2.24, 2.45) is 4.99 Å². The molecule has 2 heterocycles. The van der Waals surface area contributed by atoms with Gasteiger partial charge in [0.2, 0.25) is 5.88 Å². The summed E-state index contributed by atoms with van der Waals surface area (Å²) in [6.45, 7) is 5.98. The maximum Gasteiger partial charge on any atom is 0.221 e. The molecule has 5 heteroatoms. The summed E-state index contributed by atoms with van der Waals surface area (Å²) < 4.78 is 5.88. The molecule has 0 amide bonds. The smallest absolute Gasteiger partial charge is 0.221 e. The van der Waals surface area contributed by atoms with Gasteiger partial charge in [-0.25, -0.2) is 4.98 Å². The number of rotatable bonds is 3. The van der Waals surface area contributed by atoms with E-state index in [-0.39, 0.29) is 24.6 Å². The molecular formula is C17H20ClN3O. The molecule has 3 rings (SSSR count). The summed E-state index contributed by atoms with van der Waals surface area (Å²) in [5.74, 6) is 1.55.